The third-order valence-corrected chi connectivity index (χ3v) is 6.73. The lowest BCUT2D eigenvalue weighted by Gasteiger charge is -2.44. The topological polar surface area (TPSA) is 46.6 Å². The van der Waals surface area contributed by atoms with Crippen molar-refractivity contribution in [3.05, 3.63) is 76.3 Å². The first-order chi connectivity index (χ1) is 15.6. The van der Waals surface area contributed by atoms with Crippen LogP contribution in [0.1, 0.15) is 57.1 Å². The van der Waals surface area contributed by atoms with Gasteiger partial charge in [-0.25, -0.2) is 4.79 Å². The van der Waals surface area contributed by atoms with Crippen LogP contribution < -0.4 is 0 Å². The molecular formula is C27H32ClNO3. The van der Waals surface area contributed by atoms with E-state index in [-0.39, 0.29) is 11.5 Å². The number of hydrogen-bond acceptors (Lipinski definition) is 3. The molecule has 32 heavy (non-hydrogen) atoms. The minimum absolute atomic E-state index is 0.0996. The van der Waals surface area contributed by atoms with E-state index >= 15 is 0 Å². The zero-order chi connectivity index (χ0) is 23.0. The molecule has 1 spiro atoms. The SMILES string of the molecule is CC.O=CC1=C(c2ccc(Cl)cc2)CCC2(CCN(C(=O)OCc3ccccc3)CC2)C1. The summed E-state index contributed by atoms with van der Waals surface area (Å²) in [5, 5.41) is 0.700. The van der Waals surface area contributed by atoms with E-state index in [4.69, 9.17) is 16.3 Å². The van der Waals surface area contributed by atoms with Gasteiger partial charge in [0.2, 0.25) is 0 Å². The number of carbonyl (C=O) groups is 2. The molecule has 1 amide bonds. The van der Waals surface area contributed by atoms with Gasteiger partial charge in [0.25, 0.3) is 0 Å². The summed E-state index contributed by atoms with van der Waals surface area (Å²) in [6.45, 7) is 5.65. The first kappa shape index (κ1) is 24.1. The molecular weight excluding hydrogens is 422 g/mol. The number of benzene rings is 2. The standard InChI is InChI=1S/C25H26ClNO3.C2H6/c26-22-8-6-20(7-9-22)23-10-11-25(16-21(23)17-28)12-14-27(15-13-25)24(29)30-18-19-4-2-1-3-5-19;1-2/h1-9,17H,10-16,18H2;1-2H3. The molecule has 1 heterocycles. The summed E-state index contributed by atoms with van der Waals surface area (Å²) in [5.41, 5.74) is 4.20. The highest BCUT2D eigenvalue weighted by Crippen LogP contribution is 2.48. The Balaban J connectivity index is 0.00000141. The lowest BCUT2D eigenvalue weighted by molar-refractivity contribution is -0.105. The van der Waals surface area contributed by atoms with Crippen molar-refractivity contribution in [2.24, 2.45) is 5.41 Å². The highest BCUT2D eigenvalue weighted by Gasteiger charge is 2.39. The predicted molar refractivity (Wildman–Crippen MR) is 130 cm³/mol. The van der Waals surface area contributed by atoms with Crippen molar-refractivity contribution in [3.63, 3.8) is 0 Å². The number of nitrogens with zero attached hydrogens (tertiary/aromatic N) is 1. The molecule has 0 radical (unpaired) electrons. The Morgan fingerprint density at radius 3 is 2.31 bits per heavy atom. The molecule has 1 fully saturated rings. The highest BCUT2D eigenvalue weighted by atomic mass is 35.5. The third kappa shape index (κ3) is 5.80. The summed E-state index contributed by atoms with van der Waals surface area (Å²) in [5.74, 6) is 0. The maximum Gasteiger partial charge on any atom is 0.410 e. The molecule has 0 bridgehead atoms. The van der Waals surface area contributed by atoms with Gasteiger partial charge in [-0.05, 0) is 71.9 Å². The summed E-state index contributed by atoms with van der Waals surface area (Å²) in [6, 6.07) is 17.4. The van der Waals surface area contributed by atoms with Gasteiger partial charge in [-0.3, -0.25) is 4.79 Å². The van der Waals surface area contributed by atoms with Crippen molar-refractivity contribution in [2.75, 3.05) is 13.1 Å². The molecule has 0 saturated carbocycles. The second-order valence-corrected chi connectivity index (χ2v) is 8.77. The Hall–Kier alpha value is -2.59. The highest BCUT2D eigenvalue weighted by molar-refractivity contribution is 6.30. The van der Waals surface area contributed by atoms with Crippen LogP contribution in [-0.2, 0) is 16.1 Å². The number of aldehydes is 1. The molecule has 2 aromatic rings. The van der Waals surface area contributed by atoms with E-state index in [2.05, 4.69) is 0 Å². The summed E-state index contributed by atoms with van der Waals surface area (Å²) in [6.07, 6.45) is 5.27. The van der Waals surface area contributed by atoms with Crippen LogP contribution in [0, 0.1) is 5.41 Å². The minimum Gasteiger partial charge on any atom is -0.445 e. The number of ether oxygens (including phenoxy) is 1. The van der Waals surface area contributed by atoms with Gasteiger partial charge in [-0.2, -0.15) is 0 Å². The zero-order valence-corrected chi connectivity index (χ0v) is 19.7. The maximum atomic E-state index is 12.5. The van der Waals surface area contributed by atoms with E-state index in [0.29, 0.717) is 24.7 Å². The first-order valence-electron chi connectivity index (χ1n) is 11.5. The molecule has 2 aliphatic rings. The van der Waals surface area contributed by atoms with Gasteiger partial charge in [0.1, 0.15) is 12.9 Å². The number of allylic oxidation sites excluding steroid dienone is 2. The molecule has 4 nitrogen and oxygen atoms in total. The van der Waals surface area contributed by atoms with Crippen molar-refractivity contribution >= 4 is 29.6 Å². The van der Waals surface area contributed by atoms with E-state index in [1.807, 2.05) is 68.4 Å². The fourth-order valence-corrected chi connectivity index (χ4v) is 4.77. The molecule has 1 saturated heterocycles. The quantitative estimate of drug-likeness (QED) is 0.472. The average molecular weight is 454 g/mol. The minimum atomic E-state index is -0.252. The Kier molecular flexibility index (Phi) is 8.52. The van der Waals surface area contributed by atoms with E-state index in [1.165, 1.54) is 0 Å². The smallest absolute Gasteiger partial charge is 0.410 e. The van der Waals surface area contributed by atoms with Crippen LogP contribution in [0.15, 0.2) is 60.2 Å². The number of rotatable bonds is 4. The lowest BCUT2D eigenvalue weighted by atomic mass is 9.65. The molecule has 0 atom stereocenters. The van der Waals surface area contributed by atoms with Gasteiger partial charge in [0.05, 0.1) is 0 Å². The summed E-state index contributed by atoms with van der Waals surface area (Å²) >= 11 is 6.01. The zero-order valence-electron chi connectivity index (χ0n) is 19.0. The summed E-state index contributed by atoms with van der Waals surface area (Å²) in [4.78, 5) is 26.1. The van der Waals surface area contributed by atoms with Gasteiger partial charge in [0, 0.05) is 18.1 Å². The van der Waals surface area contributed by atoms with Crippen molar-refractivity contribution < 1.29 is 14.3 Å². The van der Waals surface area contributed by atoms with Crippen molar-refractivity contribution in [1.82, 2.24) is 4.90 Å². The summed E-state index contributed by atoms with van der Waals surface area (Å²) in [7, 11) is 0. The van der Waals surface area contributed by atoms with Crippen molar-refractivity contribution in [2.45, 2.75) is 52.6 Å². The number of carbonyl (C=O) groups excluding carboxylic acids is 2. The molecule has 5 heteroatoms. The third-order valence-electron chi connectivity index (χ3n) is 6.48. The monoisotopic (exact) mass is 453 g/mol. The van der Waals surface area contributed by atoms with Crippen molar-refractivity contribution in [3.8, 4) is 0 Å². The van der Waals surface area contributed by atoms with E-state index < -0.39 is 0 Å². The van der Waals surface area contributed by atoms with Crippen molar-refractivity contribution in [1.29, 1.82) is 0 Å². The van der Waals surface area contributed by atoms with Crippen LogP contribution in [-0.4, -0.2) is 30.4 Å². The first-order valence-corrected chi connectivity index (χ1v) is 11.9. The number of halogens is 1. The molecule has 0 unspecified atom stereocenters. The number of likely N-dealkylation sites (tertiary alicyclic amines) is 1. The van der Waals surface area contributed by atoms with Gasteiger partial charge >= 0.3 is 6.09 Å². The second-order valence-electron chi connectivity index (χ2n) is 8.33. The molecule has 1 aliphatic heterocycles. The Bertz CT molecular complexity index is 929. The predicted octanol–water partition coefficient (Wildman–Crippen LogP) is 6.92. The normalized spacial score (nSPS) is 17.4. The van der Waals surface area contributed by atoms with E-state index in [1.54, 1.807) is 4.90 Å². The van der Waals surface area contributed by atoms with Gasteiger partial charge in [-0.15, -0.1) is 0 Å². The van der Waals surface area contributed by atoms with Crippen LogP contribution in [0.5, 0.6) is 0 Å². The molecule has 4 rings (SSSR count). The van der Waals surface area contributed by atoms with Gasteiger partial charge in [-0.1, -0.05) is 67.9 Å². The van der Waals surface area contributed by atoms with Crippen LogP contribution in [0.3, 0.4) is 0 Å². The molecule has 2 aromatic carbocycles. The molecule has 0 N–H and O–H groups in total. The number of amides is 1. The van der Waals surface area contributed by atoms with Crippen LogP contribution in [0.2, 0.25) is 5.02 Å². The van der Waals surface area contributed by atoms with Gasteiger partial charge in [0.15, 0.2) is 0 Å². The number of piperidine rings is 1. The fraction of sp³-hybridized carbons (Fsp3) is 0.407. The molecule has 0 aromatic heterocycles. The van der Waals surface area contributed by atoms with E-state index in [0.717, 1.165) is 60.7 Å². The largest absolute Gasteiger partial charge is 0.445 e. The van der Waals surface area contributed by atoms with E-state index in [9.17, 15) is 9.59 Å². The van der Waals surface area contributed by atoms with Crippen LogP contribution in [0.4, 0.5) is 4.79 Å². The molecule has 170 valence electrons. The Labute approximate surface area is 196 Å². The maximum absolute atomic E-state index is 12.5. The Morgan fingerprint density at radius 1 is 1.03 bits per heavy atom. The van der Waals surface area contributed by atoms with Gasteiger partial charge < -0.3 is 9.64 Å². The average Bonchev–Trinajstić information content (AvgIpc) is 2.85. The second kappa shape index (κ2) is 11.3. The number of hydrogen-bond donors (Lipinski definition) is 0. The fourth-order valence-electron chi connectivity index (χ4n) is 4.64. The summed E-state index contributed by atoms with van der Waals surface area (Å²) < 4.78 is 5.48. The van der Waals surface area contributed by atoms with Crippen LogP contribution >= 0.6 is 11.6 Å². The molecule has 1 aliphatic carbocycles. The Morgan fingerprint density at radius 2 is 1.69 bits per heavy atom. The lowest BCUT2D eigenvalue weighted by Crippen LogP contribution is -2.44. The van der Waals surface area contributed by atoms with Crippen LogP contribution in [0.25, 0.3) is 5.57 Å².